The van der Waals surface area contributed by atoms with Crippen LogP contribution in [0.2, 0.25) is 0 Å². The second-order valence-electron chi connectivity index (χ2n) is 26.9. The van der Waals surface area contributed by atoms with Gasteiger partial charge < -0.3 is 104 Å². The lowest BCUT2D eigenvalue weighted by molar-refractivity contribution is -0.361. The summed E-state index contributed by atoms with van der Waals surface area (Å²) in [6.45, 7) is 15.4. The van der Waals surface area contributed by atoms with Crippen molar-refractivity contribution in [2.75, 3.05) is 26.4 Å². The van der Waals surface area contributed by atoms with E-state index in [9.17, 15) is 65.8 Å². The van der Waals surface area contributed by atoms with E-state index in [0.29, 0.717) is 44.9 Å². The van der Waals surface area contributed by atoms with Crippen LogP contribution >= 0.6 is 0 Å². The van der Waals surface area contributed by atoms with Gasteiger partial charge in [-0.25, -0.2) is 0 Å². The number of aliphatic hydroxyl groups is 11. The number of allylic oxidation sites excluding steroid dienone is 2. The van der Waals surface area contributed by atoms with E-state index in [4.69, 9.17) is 47.4 Å². The topological polar surface area (TPSA) is 366 Å². The number of carbonyl (C=O) groups is 3. The molecule has 24 heteroatoms. The summed E-state index contributed by atoms with van der Waals surface area (Å²) in [6, 6.07) is 0. The fourth-order valence-electron chi connectivity index (χ4n) is 16.7. The molecule has 0 spiro atoms. The molecule has 9 rings (SSSR count). The maximum absolute atomic E-state index is 15.2. The van der Waals surface area contributed by atoms with Crippen molar-refractivity contribution in [1.29, 1.82) is 0 Å². The molecule has 0 aromatic carbocycles. The van der Waals surface area contributed by atoms with Crippen molar-refractivity contribution in [3.05, 3.63) is 11.6 Å². The number of hydrogen-bond acceptors (Lipinski definition) is 24. The number of aliphatic hydroxyl groups excluding tert-OH is 11. The van der Waals surface area contributed by atoms with Gasteiger partial charge in [0.2, 0.25) is 6.29 Å². The first-order chi connectivity index (χ1) is 37.9. The Kier molecular flexibility index (Phi) is 18.1. The Labute approximate surface area is 472 Å². The molecule has 0 amide bonds. The molecule has 2 unspecified atom stereocenters. The lowest BCUT2D eigenvalue weighted by Crippen LogP contribution is -2.67. The molecule has 9 aliphatic rings. The van der Waals surface area contributed by atoms with E-state index in [1.807, 2.05) is 6.92 Å². The van der Waals surface area contributed by atoms with Crippen molar-refractivity contribution in [3.63, 3.8) is 0 Å². The molecule has 81 heavy (non-hydrogen) atoms. The van der Waals surface area contributed by atoms with Crippen molar-refractivity contribution in [1.82, 2.24) is 0 Å². The Morgan fingerprint density at radius 2 is 1.25 bits per heavy atom. The van der Waals surface area contributed by atoms with Crippen LogP contribution in [0.3, 0.4) is 0 Å². The smallest absolute Gasteiger partial charge is 0.315 e. The molecular formula is C57H90O24. The van der Waals surface area contributed by atoms with Crippen molar-refractivity contribution < 1.29 is 118 Å². The molecule has 24 nitrogen and oxygen atoms in total. The Bertz CT molecular complexity index is 2300. The van der Waals surface area contributed by atoms with E-state index >= 15 is 4.79 Å². The number of ether oxygens (including phenoxy) is 10. The minimum Gasteiger partial charge on any atom is -0.455 e. The SMILES string of the molecule is CC(=O)O[C@@H]1[C@@H](OC(C)=O)[C@H](O[C@H]2CC[C@]3(C)C4CC=C5C6CC(C)(C)CC[C@]6(C(=O)O[C@@H]6O[C@H](CO[C@@H]7O[C@H](CO)[C@@H](O[C@@H]8O[C@@H](C)[C@H](O)[C@@H](O)[C@H]8O)[C@H](O)[C@H]7O)[C@@H](O)[C@H](O)[C@H]6O)CC[C@@]5(C)[C@]4(C)CC[C@H]3[C@]2(C)CO)OC[C@@H]1O. The first-order valence-electron chi connectivity index (χ1n) is 29.0. The normalized spacial score (nSPS) is 51.5. The molecule has 8 fully saturated rings. The first-order valence-corrected chi connectivity index (χ1v) is 29.0. The van der Waals surface area contributed by atoms with Crippen LogP contribution in [0.1, 0.15) is 127 Å². The van der Waals surface area contributed by atoms with Gasteiger partial charge in [-0.15, -0.1) is 0 Å². The molecule has 4 saturated heterocycles. The second kappa shape index (κ2) is 23.3. The number of hydrogen-bond donors (Lipinski definition) is 11. The molecule has 5 aliphatic carbocycles. The van der Waals surface area contributed by atoms with Gasteiger partial charge >= 0.3 is 17.9 Å². The zero-order valence-electron chi connectivity index (χ0n) is 48.0. The first kappa shape index (κ1) is 62.9. The highest BCUT2D eigenvalue weighted by Crippen LogP contribution is 2.76. The molecule has 0 radical (unpaired) electrons. The quantitative estimate of drug-likeness (QED) is 0.0490. The standard InChI is InChI=1S/C57H90O24/c1-25-36(63)38(65)41(68)48(74-25)80-45-31(21-58)77-47(43(70)40(45)67)73-23-32-37(64)39(66)42(69)49(78-32)81-51(71)57-18-16-52(4,5)20-29(57)28-10-11-34-53(6)14-13-35(54(7,24-59)33(53)12-15-56(34,9)55(28,8)17-19-57)79-50-46(76-27(3)61)44(75-26(2)60)30(62)22-72-50/h10,25,29-50,58-59,62-70H,11-24H2,1-9H3/t25-,29?,30-,31+,32+,33+,34?,35-,36-,37+,38+,39-,40+,41+,42+,43+,44-,45+,46+,47+,48-,49-,50-,53-,54-,55+,56+,57-/m0/s1. The Morgan fingerprint density at radius 3 is 1.91 bits per heavy atom. The van der Waals surface area contributed by atoms with Gasteiger partial charge in [-0.3, -0.25) is 14.4 Å². The minimum atomic E-state index is -1.89. The molecule has 0 bridgehead atoms. The van der Waals surface area contributed by atoms with Gasteiger partial charge in [0.25, 0.3) is 0 Å². The van der Waals surface area contributed by atoms with Crippen LogP contribution in [-0.2, 0) is 61.8 Å². The highest BCUT2D eigenvalue weighted by Gasteiger charge is 2.71. The molecular weight excluding hydrogens is 1070 g/mol. The monoisotopic (exact) mass is 1160 g/mol. The molecule has 0 aromatic heterocycles. The predicted octanol–water partition coefficient (Wildman–Crippen LogP) is -0.255. The van der Waals surface area contributed by atoms with Crippen LogP contribution in [0.5, 0.6) is 0 Å². The van der Waals surface area contributed by atoms with E-state index in [0.717, 1.165) is 19.3 Å². The van der Waals surface area contributed by atoms with Gasteiger partial charge in [0.1, 0.15) is 73.2 Å². The Balaban J connectivity index is 0.902. The summed E-state index contributed by atoms with van der Waals surface area (Å²) in [4.78, 5) is 39.6. The van der Waals surface area contributed by atoms with E-state index in [2.05, 4.69) is 40.7 Å². The fourth-order valence-corrected chi connectivity index (χ4v) is 16.7. The number of rotatable bonds is 13. The molecule has 0 aromatic rings. The number of esters is 3. The molecule has 462 valence electrons. The van der Waals surface area contributed by atoms with Crippen molar-refractivity contribution in [2.24, 2.45) is 50.2 Å². The molecule has 11 N–H and O–H groups in total. The van der Waals surface area contributed by atoms with E-state index < -0.39 is 165 Å². The number of fused-ring (bicyclic) bond motifs is 7. The molecule has 4 saturated carbocycles. The summed E-state index contributed by atoms with van der Waals surface area (Å²) < 4.78 is 58.6. The minimum absolute atomic E-state index is 0.0289. The van der Waals surface area contributed by atoms with Crippen LogP contribution in [0.15, 0.2) is 11.6 Å². The van der Waals surface area contributed by atoms with Gasteiger partial charge in [-0.1, -0.05) is 53.2 Å². The van der Waals surface area contributed by atoms with Crippen LogP contribution in [0.4, 0.5) is 0 Å². The zero-order chi connectivity index (χ0) is 59.3. The van der Waals surface area contributed by atoms with Crippen molar-refractivity contribution in [2.45, 2.75) is 249 Å². The highest BCUT2D eigenvalue weighted by molar-refractivity contribution is 5.79. The van der Waals surface area contributed by atoms with Crippen LogP contribution in [0.25, 0.3) is 0 Å². The van der Waals surface area contributed by atoms with Gasteiger partial charge in [-0.05, 0) is 111 Å². The van der Waals surface area contributed by atoms with Crippen LogP contribution in [-0.4, -0.2) is 223 Å². The summed E-state index contributed by atoms with van der Waals surface area (Å²) in [5.41, 5.74) is -1.76. The zero-order valence-corrected chi connectivity index (χ0v) is 48.0. The third-order valence-electron chi connectivity index (χ3n) is 21.7. The Hall–Kier alpha value is -2.57. The average Bonchev–Trinajstić information content (AvgIpc) is 1.00. The van der Waals surface area contributed by atoms with Crippen molar-refractivity contribution in [3.8, 4) is 0 Å². The third kappa shape index (κ3) is 10.9. The van der Waals surface area contributed by atoms with Gasteiger partial charge in [-0.2, -0.15) is 0 Å². The second-order valence-corrected chi connectivity index (χ2v) is 26.9. The van der Waals surface area contributed by atoms with Gasteiger partial charge in [0.15, 0.2) is 31.1 Å². The summed E-state index contributed by atoms with van der Waals surface area (Å²) in [7, 11) is 0. The summed E-state index contributed by atoms with van der Waals surface area (Å²) >= 11 is 0. The molecule has 4 heterocycles. The molecule has 28 atom stereocenters. The van der Waals surface area contributed by atoms with E-state index in [1.54, 1.807) is 0 Å². The van der Waals surface area contributed by atoms with Crippen molar-refractivity contribution >= 4 is 17.9 Å². The van der Waals surface area contributed by atoms with Crippen LogP contribution < -0.4 is 0 Å². The van der Waals surface area contributed by atoms with E-state index in [1.165, 1.54) is 26.3 Å². The predicted molar refractivity (Wildman–Crippen MR) is 276 cm³/mol. The summed E-state index contributed by atoms with van der Waals surface area (Å²) in [6.07, 6.45) is -21.4. The maximum Gasteiger partial charge on any atom is 0.315 e. The lowest BCUT2D eigenvalue weighted by atomic mass is 9.33. The lowest BCUT2D eigenvalue weighted by Gasteiger charge is -2.71. The third-order valence-corrected chi connectivity index (χ3v) is 21.7. The van der Waals surface area contributed by atoms with Gasteiger partial charge in [0, 0.05) is 19.3 Å². The van der Waals surface area contributed by atoms with Gasteiger partial charge in [0.05, 0.1) is 44.1 Å². The summed E-state index contributed by atoms with van der Waals surface area (Å²) in [5.74, 6) is -2.11. The highest BCUT2D eigenvalue weighted by atomic mass is 16.8. The summed E-state index contributed by atoms with van der Waals surface area (Å²) in [5, 5.41) is 119. The number of carbonyl (C=O) groups excluding carboxylic acids is 3. The van der Waals surface area contributed by atoms with Crippen LogP contribution in [0, 0.1) is 50.2 Å². The fraction of sp³-hybridized carbons (Fsp3) is 0.912. The largest absolute Gasteiger partial charge is 0.455 e. The Morgan fingerprint density at radius 1 is 0.617 bits per heavy atom. The maximum atomic E-state index is 15.2. The average molecular weight is 1160 g/mol. The molecule has 4 aliphatic heterocycles. The van der Waals surface area contributed by atoms with E-state index in [-0.39, 0.29) is 52.6 Å².